The Kier molecular flexibility index (Phi) is 13.5. The Morgan fingerprint density at radius 2 is 1.49 bits per heavy atom. The molecule has 0 radical (unpaired) electrons. The Balaban J connectivity index is 0.00000552. The molecular weight excluding hydrogens is 584 g/mol. The Morgan fingerprint density at radius 3 is 2.07 bits per heavy atom. The third-order valence-electron chi connectivity index (χ3n) is 7.61. The summed E-state index contributed by atoms with van der Waals surface area (Å²) in [5.74, 6) is -2.08. The van der Waals surface area contributed by atoms with Crippen LogP contribution in [0.5, 0.6) is 0 Å². The van der Waals surface area contributed by atoms with Crippen LogP contribution in [0.25, 0.3) is 22.3 Å². The summed E-state index contributed by atoms with van der Waals surface area (Å²) in [7, 11) is 0. The molecule has 0 fully saturated rings. The van der Waals surface area contributed by atoms with Crippen LogP contribution >= 0.6 is 0 Å². The first-order valence-corrected chi connectivity index (χ1v) is 14.8. The van der Waals surface area contributed by atoms with Gasteiger partial charge in [0.1, 0.15) is 11.5 Å². The molecule has 3 aromatic carbocycles. The van der Waals surface area contributed by atoms with Crippen molar-refractivity contribution in [3.63, 3.8) is 0 Å². The maximum absolute atomic E-state index is 14.1. The van der Waals surface area contributed by atoms with Gasteiger partial charge < -0.3 is 35.7 Å². The van der Waals surface area contributed by atoms with Crippen LogP contribution in [0.4, 0.5) is 4.39 Å². The van der Waals surface area contributed by atoms with E-state index in [1.807, 2.05) is 73.0 Å². The molecule has 0 aliphatic heterocycles. The minimum atomic E-state index is -1.39. The molecule has 0 bridgehead atoms. The molecule has 1 heterocycles. The fourth-order valence-electron chi connectivity index (χ4n) is 5.56. The van der Waals surface area contributed by atoms with E-state index in [4.69, 9.17) is 5.73 Å². The Hall–Kier alpha value is -3.31. The number of rotatable bonds is 14. The van der Waals surface area contributed by atoms with E-state index in [-0.39, 0.29) is 60.9 Å². The van der Waals surface area contributed by atoms with Gasteiger partial charge in [0.25, 0.3) is 5.91 Å². The Morgan fingerprint density at radius 1 is 0.889 bits per heavy atom. The second-order valence-electron chi connectivity index (χ2n) is 11.2. The van der Waals surface area contributed by atoms with Crippen LogP contribution < -0.4 is 45.7 Å². The first-order valence-electron chi connectivity index (χ1n) is 14.8. The van der Waals surface area contributed by atoms with Gasteiger partial charge in [-0.25, -0.2) is 4.39 Å². The number of carboxylic acid groups (broad SMARTS) is 1. The minimum absolute atomic E-state index is 0. The maximum Gasteiger partial charge on any atom is 1.00 e. The van der Waals surface area contributed by atoms with Gasteiger partial charge in [-0.1, -0.05) is 66.7 Å². The summed E-state index contributed by atoms with van der Waals surface area (Å²) in [5, 5.41) is 34.8. The number of aliphatic hydroxyl groups is 2. The van der Waals surface area contributed by atoms with E-state index >= 15 is 0 Å². The molecule has 4 aromatic rings. The van der Waals surface area contributed by atoms with Crippen molar-refractivity contribution < 1.29 is 58.9 Å². The number of nitrogens with one attached hydrogen (secondary N) is 1. The van der Waals surface area contributed by atoms with Gasteiger partial charge >= 0.3 is 29.6 Å². The molecule has 0 aliphatic rings. The first kappa shape index (κ1) is 36.2. The SMILES string of the molecule is CC(C)n1c(CCC(O)CC(O)CC(=O)[O-])c(-c2ccc(F)cc2)c(-c2ccccc2)c1C(=O)NCc1ccc(CN)cc1.[Na+]. The van der Waals surface area contributed by atoms with Crippen molar-refractivity contribution in [1.82, 2.24) is 9.88 Å². The molecular formula is C35H39FN3NaO5. The van der Waals surface area contributed by atoms with Crippen molar-refractivity contribution in [2.75, 3.05) is 0 Å². The van der Waals surface area contributed by atoms with Gasteiger partial charge in [0.05, 0.1) is 12.2 Å². The van der Waals surface area contributed by atoms with Gasteiger partial charge in [0.2, 0.25) is 0 Å². The normalized spacial score (nSPS) is 12.4. The molecule has 2 atom stereocenters. The average Bonchev–Trinajstić information content (AvgIpc) is 3.35. The second kappa shape index (κ2) is 16.8. The summed E-state index contributed by atoms with van der Waals surface area (Å²) < 4.78 is 16.0. The molecule has 0 aliphatic carbocycles. The van der Waals surface area contributed by atoms with E-state index in [0.29, 0.717) is 29.8 Å². The van der Waals surface area contributed by atoms with E-state index in [1.54, 1.807) is 12.1 Å². The van der Waals surface area contributed by atoms with Crippen molar-refractivity contribution in [1.29, 1.82) is 0 Å². The van der Waals surface area contributed by atoms with Crippen LogP contribution in [0.1, 0.15) is 66.5 Å². The minimum Gasteiger partial charge on any atom is -0.550 e. The van der Waals surface area contributed by atoms with Gasteiger partial charge in [0.15, 0.2) is 0 Å². The number of carbonyl (C=O) groups excluding carboxylic acids is 2. The number of halogens is 1. The Bertz CT molecular complexity index is 1560. The summed E-state index contributed by atoms with van der Waals surface area (Å²) >= 11 is 0. The molecule has 45 heavy (non-hydrogen) atoms. The third kappa shape index (κ3) is 9.36. The number of carbonyl (C=O) groups is 2. The summed E-state index contributed by atoms with van der Waals surface area (Å²) in [6.45, 7) is 4.65. The average molecular weight is 624 g/mol. The van der Waals surface area contributed by atoms with Crippen LogP contribution in [0.15, 0.2) is 78.9 Å². The molecule has 0 spiro atoms. The summed E-state index contributed by atoms with van der Waals surface area (Å²) in [6, 6.07) is 23.1. The van der Waals surface area contributed by atoms with Crippen molar-refractivity contribution in [3.05, 3.63) is 107 Å². The smallest absolute Gasteiger partial charge is 0.550 e. The second-order valence-corrected chi connectivity index (χ2v) is 11.2. The van der Waals surface area contributed by atoms with Gasteiger partial charge in [-0.3, -0.25) is 4.79 Å². The predicted molar refractivity (Wildman–Crippen MR) is 166 cm³/mol. The molecule has 8 nitrogen and oxygen atoms in total. The van der Waals surface area contributed by atoms with Gasteiger partial charge in [-0.15, -0.1) is 0 Å². The number of amides is 1. The number of hydrogen-bond donors (Lipinski definition) is 4. The number of aromatic nitrogens is 1. The summed E-state index contributed by atoms with van der Waals surface area (Å²) in [5.41, 5.74) is 11.8. The largest absolute Gasteiger partial charge is 1.00 e. The molecule has 10 heteroatoms. The fraction of sp³-hybridized carbons (Fsp3) is 0.314. The first-order chi connectivity index (χ1) is 21.1. The third-order valence-corrected chi connectivity index (χ3v) is 7.61. The fourth-order valence-corrected chi connectivity index (χ4v) is 5.56. The number of nitrogens with zero attached hydrogens (tertiary/aromatic N) is 1. The van der Waals surface area contributed by atoms with Crippen molar-refractivity contribution in [3.8, 4) is 22.3 Å². The van der Waals surface area contributed by atoms with Crippen LogP contribution in [0.3, 0.4) is 0 Å². The van der Waals surface area contributed by atoms with E-state index in [9.17, 15) is 29.3 Å². The maximum atomic E-state index is 14.1. The summed E-state index contributed by atoms with van der Waals surface area (Å²) in [6.07, 6.45) is -2.46. The van der Waals surface area contributed by atoms with Gasteiger partial charge in [-0.05, 0) is 67.5 Å². The van der Waals surface area contributed by atoms with E-state index in [2.05, 4.69) is 5.32 Å². The molecule has 1 aromatic heterocycles. The number of aliphatic hydroxyl groups excluding tert-OH is 2. The van der Waals surface area contributed by atoms with Crippen LogP contribution in [-0.4, -0.2) is 38.9 Å². The molecule has 4 rings (SSSR count). The monoisotopic (exact) mass is 623 g/mol. The number of aliphatic carboxylic acids is 1. The van der Waals surface area contributed by atoms with Crippen LogP contribution in [-0.2, 0) is 24.3 Å². The molecule has 1 amide bonds. The predicted octanol–water partition coefficient (Wildman–Crippen LogP) is 1.12. The number of hydrogen-bond acceptors (Lipinski definition) is 6. The number of carboxylic acids is 1. The topological polar surface area (TPSA) is 141 Å². The van der Waals surface area contributed by atoms with Crippen LogP contribution in [0.2, 0.25) is 0 Å². The molecule has 5 N–H and O–H groups in total. The summed E-state index contributed by atoms with van der Waals surface area (Å²) in [4.78, 5) is 25.0. The number of benzene rings is 3. The zero-order valence-electron chi connectivity index (χ0n) is 26.0. The van der Waals surface area contributed by atoms with E-state index in [1.165, 1.54) is 12.1 Å². The molecule has 0 saturated heterocycles. The molecule has 0 saturated carbocycles. The van der Waals surface area contributed by atoms with Crippen molar-refractivity contribution >= 4 is 11.9 Å². The molecule has 232 valence electrons. The zero-order chi connectivity index (χ0) is 31.8. The van der Waals surface area contributed by atoms with Gasteiger partial charge in [-0.2, -0.15) is 0 Å². The van der Waals surface area contributed by atoms with Crippen molar-refractivity contribution in [2.24, 2.45) is 5.73 Å². The van der Waals surface area contributed by atoms with Crippen LogP contribution in [0, 0.1) is 5.82 Å². The number of nitrogens with two attached hydrogens (primary N) is 1. The Labute approximate surface area is 285 Å². The van der Waals surface area contributed by atoms with Gasteiger partial charge in [0, 0.05) is 48.3 Å². The standard InChI is InChI=1S/C35H40FN3O5.Na/c1-22(2)39-30(17-16-28(40)18-29(41)19-31(42)43)32(26-12-14-27(36)15-13-26)33(25-6-4-3-5-7-25)34(39)35(44)38-21-24-10-8-23(20-37)9-11-24;/h3-15,22,28-29,40-41H,16-21,37H2,1-2H3,(H,38,44)(H,42,43);/q;+1/p-1. The van der Waals surface area contributed by atoms with E-state index in [0.717, 1.165) is 27.9 Å². The van der Waals surface area contributed by atoms with Crippen molar-refractivity contribution in [2.45, 2.75) is 70.9 Å². The zero-order valence-corrected chi connectivity index (χ0v) is 28.0. The molecule has 2 unspecified atom stereocenters. The van der Waals surface area contributed by atoms with E-state index < -0.39 is 30.4 Å². The quantitative estimate of drug-likeness (QED) is 0.155.